The fourth-order valence-corrected chi connectivity index (χ4v) is 3.47. The van der Waals surface area contributed by atoms with Gasteiger partial charge >= 0.3 is 0 Å². The van der Waals surface area contributed by atoms with E-state index in [1.165, 1.54) is 19.1 Å². The number of hydrogen-bond donors (Lipinski definition) is 4. The van der Waals surface area contributed by atoms with Crippen LogP contribution in [0.1, 0.15) is 6.92 Å². The zero-order chi connectivity index (χ0) is 20.4. The SMILES string of the molecule is CC(=O)Nc1ccc(-c2cccc(-c3cc(N4CCNCC4)n[nH]3)c2O)cc1F. The van der Waals surface area contributed by atoms with Crippen molar-refractivity contribution in [2.24, 2.45) is 0 Å². The fourth-order valence-electron chi connectivity index (χ4n) is 3.47. The molecule has 4 rings (SSSR count). The number of nitrogens with zero attached hydrogens (tertiary/aromatic N) is 2. The molecule has 3 aromatic rings. The predicted molar refractivity (Wildman–Crippen MR) is 110 cm³/mol. The van der Waals surface area contributed by atoms with Crippen LogP contribution in [0.4, 0.5) is 15.9 Å². The van der Waals surface area contributed by atoms with Gasteiger partial charge in [0.25, 0.3) is 0 Å². The van der Waals surface area contributed by atoms with Crippen molar-refractivity contribution in [1.29, 1.82) is 0 Å². The first-order valence-corrected chi connectivity index (χ1v) is 9.44. The lowest BCUT2D eigenvalue weighted by atomic mass is 9.99. The molecule has 2 aromatic carbocycles. The van der Waals surface area contributed by atoms with Crippen LogP contribution in [0.25, 0.3) is 22.4 Å². The van der Waals surface area contributed by atoms with Crippen LogP contribution < -0.4 is 15.5 Å². The van der Waals surface area contributed by atoms with Crippen LogP contribution >= 0.6 is 0 Å². The van der Waals surface area contributed by atoms with Crippen LogP contribution in [-0.4, -0.2) is 47.4 Å². The van der Waals surface area contributed by atoms with E-state index in [2.05, 4.69) is 25.7 Å². The smallest absolute Gasteiger partial charge is 0.221 e. The summed E-state index contributed by atoms with van der Waals surface area (Å²) in [5.74, 6) is -0.0437. The number of anilines is 2. The molecule has 0 spiro atoms. The summed E-state index contributed by atoms with van der Waals surface area (Å²) in [6, 6.07) is 11.7. The number of para-hydroxylation sites is 1. The first kappa shape index (κ1) is 18.9. The number of aromatic hydroxyl groups is 1. The van der Waals surface area contributed by atoms with Crippen LogP contribution in [0.15, 0.2) is 42.5 Å². The van der Waals surface area contributed by atoms with Crippen molar-refractivity contribution in [3.8, 4) is 28.1 Å². The molecule has 0 bridgehead atoms. The van der Waals surface area contributed by atoms with E-state index in [1.807, 2.05) is 6.07 Å². The third kappa shape index (κ3) is 3.93. The molecule has 29 heavy (non-hydrogen) atoms. The molecule has 0 aliphatic carbocycles. The summed E-state index contributed by atoms with van der Waals surface area (Å²) >= 11 is 0. The number of amides is 1. The third-order valence-electron chi connectivity index (χ3n) is 4.92. The minimum absolute atomic E-state index is 0.0367. The molecule has 1 aromatic heterocycles. The topological polar surface area (TPSA) is 93.3 Å². The van der Waals surface area contributed by atoms with Gasteiger partial charge in [0.1, 0.15) is 11.6 Å². The van der Waals surface area contributed by atoms with Crippen molar-refractivity contribution in [1.82, 2.24) is 15.5 Å². The zero-order valence-electron chi connectivity index (χ0n) is 16.0. The van der Waals surface area contributed by atoms with Gasteiger partial charge in [0.05, 0.1) is 11.4 Å². The second-order valence-electron chi connectivity index (χ2n) is 6.95. The Balaban J connectivity index is 1.65. The number of carbonyl (C=O) groups excluding carboxylic acids is 1. The first-order valence-electron chi connectivity index (χ1n) is 9.44. The summed E-state index contributed by atoms with van der Waals surface area (Å²) < 4.78 is 14.3. The number of phenols is 1. The molecular formula is C21H22FN5O2. The number of aromatic amines is 1. The molecule has 4 N–H and O–H groups in total. The van der Waals surface area contributed by atoms with Crippen molar-refractivity contribution < 1.29 is 14.3 Å². The van der Waals surface area contributed by atoms with E-state index in [1.54, 1.807) is 24.3 Å². The number of piperazine rings is 1. The summed E-state index contributed by atoms with van der Waals surface area (Å²) in [4.78, 5) is 13.3. The lowest BCUT2D eigenvalue weighted by Crippen LogP contribution is -2.43. The Bertz CT molecular complexity index is 1040. The minimum atomic E-state index is -0.565. The van der Waals surface area contributed by atoms with Gasteiger partial charge in [0.15, 0.2) is 5.82 Å². The lowest BCUT2D eigenvalue weighted by Gasteiger charge is -2.26. The highest BCUT2D eigenvalue weighted by Gasteiger charge is 2.17. The van der Waals surface area contributed by atoms with Gasteiger partial charge in [-0.15, -0.1) is 0 Å². The standard InChI is InChI=1S/C21H22FN5O2/c1-13(28)24-18-6-5-14(11-17(18)22)15-3-2-4-16(21(15)29)19-12-20(26-25-19)27-9-7-23-8-10-27/h2-6,11-12,23,29H,7-10H2,1H3,(H,24,28)(H,25,26). The molecule has 150 valence electrons. The molecule has 7 nitrogen and oxygen atoms in total. The van der Waals surface area contributed by atoms with Gasteiger partial charge in [-0.05, 0) is 23.8 Å². The molecule has 8 heteroatoms. The van der Waals surface area contributed by atoms with Crippen LogP contribution in [-0.2, 0) is 4.79 Å². The van der Waals surface area contributed by atoms with E-state index in [0.717, 1.165) is 32.0 Å². The highest BCUT2D eigenvalue weighted by molar-refractivity contribution is 5.89. The summed E-state index contributed by atoms with van der Waals surface area (Å²) in [5.41, 5.74) is 2.38. The van der Waals surface area contributed by atoms with Gasteiger partial charge in [-0.2, -0.15) is 5.10 Å². The molecule has 0 atom stereocenters. The van der Waals surface area contributed by atoms with E-state index in [4.69, 9.17) is 0 Å². The summed E-state index contributed by atoms with van der Waals surface area (Å²) in [7, 11) is 0. The van der Waals surface area contributed by atoms with Crippen LogP contribution in [0, 0.1) is 5.82 Å². The van der Waals surface area contributed by atoms with E-state index in [0.29, 0.717) is 22.4 Å². The maximum absolute atomic E-state index is 14.3. The Morgan fingerprint density at radius 3 is 2.66 bits per heavy atom. The molecule has 0 unspecified atom stereocenters. The first-order chi connectivity index (χ1) is 14.0. The van der Waals surface area contributed by atoms with E-state index < -0.39 is 5.82 Å². The number of H-pyrrole nitrogens is 1. The summed E-state index contributed by atoms with van der Waals surface area (Å²) in [6.45, 7) is 4.88. The van der Waals surface area contributed by atoms with Gasteiger partial charge in [0, 0.05) is 50.3 Å². The van der Waals surface area contributed by atoms with Crippen molar-refractivity contribution in [2.45, 2.75) is 6.92 Å². The fraction of sp³-hybridized carbons (Fsp3) is 0.238. The largest absolute Gasteiger partial charge is 0.507 e. The second-order valence-corrected chi connectivity index (χ2v) is 6.95. The highest BCUT2D eigenvalue weighted by atomic mass is 19.1. The van der Waals surface area contributed by atoms with Crippen molar-refractivity contribution in [3.05, 3.63) is 48.3 Å². The number of phenolic OH excluding ortho intramolecular Hbond substituents is 1. The molecule has 1 saturated heterocycles. The second kappa shape index (κ2) is 7.92. The number of rotatable bonds is 4. The summed E-state index contributed by atoms with van der Waals surface area (Å²) in [5, 5.41) is 24.0. The van der Waals surface area contributed by atoms with Crippen LogP contribution in [0.5, 0.6) is 5.75 Å². The van der Waals surface area contributed by atoms with Gasteiger partial charge in [0.2, 0.25) is 5.91 Å². The molecule has 1 aliphatic rings. The normalized spacial score (nSPS) is 14.1. The Hall–Kier alpha value is -3.39. The Morgan fingerprint density at radius 1 is 1.17 bits per heavy atom. The number of hydrogen-bond acceptors (Lipinski definition) is 5. The molecule has 1 amide bonds. The van der Waals surface area contributed by atoms with Crippen molar-refractivity contribution in [3.63, 3.8) is 0 Å². The molecular weight excluding hydrogens is 373 g/mol. The van der Waals surface area contributed by atoms with Crippen LogP contribution in [0.3, 0.4) is 0 Å². The monoisotopic (exact) mass is 395 g/mol. The highest BCUT2D eigenvalue weighted by Crippen LogP contribution is 2.38. The van der Waals surface area contributed by atoms with Crippen molar-refractivity contribution >= 4 is 17.4 Å². The third-order valence-corrected chi connectivity index (χ3v) is 4.92. The Kier molecular flexibility index (Phi) is 5.18. The molecule has 1 fully saturated rings. The quantitative estimate of drug-likeness (QED) is 0.545. The van der Waals surface area contributed by atoms with E-state index in [-0.39, 0.29) is 17.3 Å². The zero-order valence-corrected chi connectivity index (χ0v) is 16.0. The van der Waals surface area contributed by atoms with E-state index in [9.17, 15) is 14.3 Å². The minimum Gasteiger partial charge on any atom is -0.507 e. The average molecular weight is 395 g/mol. The van der Waals surface area contributed by atoms with Gasteiger partial charge in [-0.3, -0.25) is 9.89 Å². The Labute approximate surface area is 167 Å². The number of halogens is 1. The number of nitrogens with one attached hydrogen (secondary N) is 3. The molecule has 2 heterocycles. The lowest BCUT2D eigenvalue weighted by molar-refractivity contribution is -0.114. The maximum atomic E-state index is 14.3. The number of carbonyl (C=O) groups is 1. The number of aromatic nitrogens is 2. The number of benzene rings is 2. The van der Waals surface area contributed by atoms with Gasteiger partial charge in [-0.25, -0.2) is 4.39 Å². The Morgan fingerprint density at radius 2 is 1.93 bits per heavy atom. The van der Waals surface area contributed by atoms with Gasteiger partial charge in [-0.1, -0.05) is 18.2 Å². The predicted octanol–water partition coefficient (Wildman–Crippen LogP) is 2.96. The van der Waals surface area contributed by atoms with Crippen molar-refractivity contribution in [2.75, 3.05) is 36.4 Å². The maximum Gasteiger partial charge on any atom is 0.221 e. The molecule has 1 aliphatic heterocycles. The van der Waals surface area contributed by atoms with Crippen LogP contribution in [0.2, 0.25) is 0 Å². The van der Waals surface area contributed by atoms with E-state index >= 15 is 0 Å². The molecule has 0 radical (unpaired) electrons. The van der Waals surface area contributed by atoms with Gasteiger partial charge < -0.3 is 20.6 Å². The average Bonchev–Trinajstić information content (AvgIpc) is 3.20. The summed E-state index contributed by atoms with van der Waals surface area (Å²) in [6.07, 6.45) is 0. The molecule has 0 saturated carbocycles.